The Morgan fingerprint density at radius 3 is 2.36 bits per heavy atom. The number of phenols is 1. The normalized spacial score (nSPS) is 16.4. The lowest BCUT2D eigenvalue weighted by atomic mass is 10.2. The molecule has 0 saturated carbocycles. The van der Waals surface area contributed by atoms with E-state index in [9.17, 15) is 9.90 Å². The standard InChI is InChI=1S/C17H14Br2N2O4/c1-9(22)21-17(11-7-13(18)15(23)14(19)8-11)25-16(20-21)10-3-5-12(24-2)6-4-10/h3-8,17,23H,1-2H3/t17-/m1/s1. The van der Waals surface area contributed by atoms with Crippen LogP contribution in [0.2, 0.25) is 0 Å². The van der Waals surface area contributed by atoms with Crippen LogP contribution in [0.4, 0.5) is 0 Å². The van der Waals surface area contributed by atoms with Crippen LogP contribution in [0.25, 0.3) is 0 Å². The maximum atomic E-state index is 12.0. The van der Waals surface area contributed by atoms with Crippen molar-refractivity contribution >= 4 is 43.7 Å². The van der Waals surface area contributed by atoms with Crippen molar-refractivity contribution in [2.45, 2.75) is 13.2 Å². The molecule has 0 saturated heterocycles. The Morgan fingerprint density at radius 2 is 1.84 bits per heavy atom. The van der Waals surface area contributed by atoms with Gasteiger partial charge in [0.15, 0.2) is 0 Å². The summed E-state index contributed by atoms with van der Waals surface area (Å²) >= 11 is 6.57. The largest absolute Gasteiger partial charge is 0.506 e. The fourth-order valence-electron chi connectivity index (χ4n) is 2.36. The molecule has 0 unspecified atom stereocenters. The fraction of sp³-hybridized carbons (Fsp3) is 0.176. The Labute approximate surface area is 161 Å². The quantitative estimate of drug-likeness (QED) is 0.732. The first kappa shape index (κ1) is 17.8. The first-order chi connectivity index (χ1) is 11.9. The van der Waals surface area contributed by atoms with Crippen molar-refractivity contribution in [1.82, 2.24) is 5.01 Å². The summed E-state index contributed by atoms with van der Waals surface area (Å²) in [5.74, 6) is 0.873. The Kier molecular flexibility index (Phi) is 5.01. The Morgan fingerprint density at radius 1 is 1.24 bits per heavy atom. The van der Waals surface area contributed by atoms with Crippen molar-refractivity contribution in [2.75, 3.05) is 7.11 Å². The van der Waals surface area contributed by atoms with Crippen molar-refractivity contribution in [3.05, 3.63) is 56.5 Å². The van der Waals surface area contributed by atoms with E-state index in [0.717, 1.165) is 5.56 Å². The average Bonchev–Trinajstić information content (AvgIpc) is 3.05. The second-order valence-corrected chi connectivity index (χ2v) is 7.01. The lowest BCUT2D eigenvalue weighted by Gasteiger charge is -2.20. The molecule has 8 heteroatoms. The molecule has 3 rings (SSSR count). The van der Waals surface area contributed by atoms with Crippen molar-refractivity contribution in [1.29, 1.82) is 0 Å². The molecule has 1 aliphatic rings. The summed E-state index contributed by atoms with van der Waals surface area (Å²) in [4.78, 5) is 12.0. The molecule has 25 heavy (non-hydrogen) atoms. The van der Waals surface area contributed by atoms with Gasteiger partial charge in [-0.25, -0.2) is 0 Å². The maximum absolute atomic E-state index is 12.0. The lowest BCUT2D eigenvalue weighted by Crippen LogP contribution is -2.25. The number of nitrogens with zero attached hydrogens (tertiary/aromatic N) is 2. The number of hydrogen-bond acceptors (Lipinski definition) is 5. The van der Waals surface area contributed by atoms with Crippen molar-refractivity contribution < 1.29 is 19.4 Å². The second kappa shape index (κ2) is 7.05. The van der Waals surface area contributed by atoms with E-state index < -0.39 is 6.23 Å². The van der Waals surface area contributed by atoms with Crippen LogP contribution in [0.3, 0.4) is 0 Å². The molecule has 0 aliphatic carbocycles. The van der Waals surface area contributed by atoms with E-state index in [1.165, 1.54) is 11.9 Å². The molecule has 1 amide bonds. The minimum Gasteiger partial charge on any atom is -0.506 e. The van der Waals surface area contributed by atoms with E-state index in [4.69, 9.17) is 9.47 Å². The number of benzene rings is 2. The van der Waals surface area contributed by atoms with Gasteiger partial charge in [-0.1, -0.05) is 0 Å². The van der Waals surface area contributed by atoms with E-state index in [1.54, 1.807) is 43.5 Å². The van der Waals surface area contributed by atoms with E-state index in [0.29, 0.717) is 26.2 Å². The van der Waals surface area contributed by atoms with Crippen molar-refractivity contribution in [3.63, 3.8) is 0 Å². The van der Waals surface area contributed by atoms with Gasteiger partial charge in [0.2, 0.25) is 18.0 Å². The molecule has 0 spiro atoms. The van der Waals surface area contributed by atoms with E-state index in [-0.39, 0.29) is 11.7 Å². The Bertz CT molecular complexity index is 829. The molecule has 1 heterocycles. The summed E-state index contributed by atoms with van der Waals surface area (Å²) in [5.41, 5.74) is 1.39. The van der Waals surface area contributed by atoms with Crippen LogP contribution < -0.4 is 4.74 Å². The predicted molar refractivity (Wildman–Crippen MR) is 99.4 cm³/mol. The van der Waals surface area contributed by atoms with Gasteiger partial charge in [0.1, 0.15) is 11.5 Å². The Hall–Kier alpha value is -2.06. The smallest absolute Gasteiger partial charge is 0.243 e. The summed E-state index contributed by atoms with van der Waals surface area (Å²) in [5, 5.41) is 15.4. The minimum absolute atomic E-state index is 0.0763. The molecule has 2 aromatic rings. The number of methoxy groups -OCH3 is 1. The van der Waals surface area contributed by atoms with E-state index in [1.807, 2.05) is 0 Å². The first-order valence-corrected chi connectivity index (χ1v) is 8.86. The predicted octanol–water partition coefficient (Wildman–Crippen LogP) is 4.16. The summed E-state index contributed by atoms with van der Waals surface area (Å²) in [7, 11) is 1.59. The summed E-state index contributed by atoms with van der Waals surface area (Å²) in [6, 6.07) is 10.6. The van der Waals surface area contributed by atoms with Gasteiger partial charge >= 0.3 is 0 Å². The topological polar surface area (TPSA) is 71.4 Å². The number of hydrazone groups is 1. The molecular formula is C17H14Br2N2O4. The Balaban J connectivity index is 1.95. The van der Waals surface area contributed by atoms with Gasteiger partial charge in [-0.05, 0) is 68.3 Å². The van der Waals surface area contributed by atoms with Crippen LogP contribution in [-0.4, -0.2) is 29.0 Å². The number of ether oxygens (including phenoxy) is 2. The fourth-order valence-corrected chi connectivity index (χ4v) is 3.58. The van der Waals surface area contributed by atoms with Gasteiger partial charge < -0.3 is 14.6 Å². The molecule has 1 aliphatic heterocycles. The highest BCUT2D eigenvalue weighted by Crippen LogP contribution is 2.38. The highest BCUT2D eigenvalue weighted by Gasteiger charge is 2.33. The molecule has 2 aromatic carbocycles. The molecule has 1 atom stereocenters. The van der Waals surface area contributed by atoms with Crippen LogP contribution in [0.5, 0.6) is 11.5 Å². The number of carbonyl (C=O) groups is 1. The number of aromatic hydroxyl groups is 1. The average molecular weight is 470 g/mol. The summed E-state index contributed by atoms with van der Waals surface area (Å²) in [6.07, 6.45) is -0.720. The van der Waals surface area contributed by atoms with Crippen molar-refractivity contribution in [2.24, 2.45) is 5.10 Å². The van der Waals surface area contributed by atoms with Gasteiger partial charge in [0.25, 0.3) is 0 Å². The molecule has 0 radical (unpaired) electrons. The summed E-state index contributed by atoms with van der Waals surface area (Å²) < 4.78 is 12.0. The first-order valence-electron chi connectivity index (χ1n) is 7.28. The van der Waals surface area contributed by atoms with Crippen LogP contribution in [-0.2, 0) is 9.53 Å². The number of halogens is 2. The van der Waals surface area contributed by atoms with Crippen LogP contribution in [0.15, 0.2) is 50.4 Å². The zero-order valence-electron chi connectivity index (χ0n) is 13.4. The number of amides is 1. The third-order valence-corrected chi connectivity index (χ3v) is 4.84. The third-order valence-electron chi connectivity index (χ3n) is 3.63. The highest BCUT2D eigenvalue weighted by molar-refractivity contribution is 9.11. The molecule has 0 fully saturated rings. The molecule has 0 bridgehead atoms. The van der Waals surface area contributed by atoms with Crippen LogP contribution in [0.1, 0.15) is 24.3 Å². The van der Waals surface area contributed by atoms with Gasteiger partial charge in [0, 0.05) is 18.1 Å². The van der Waals surface area contributed by atoms with E-state index in [2.05, 4.69) is 37.0 Å². The molecule has 0 aromatic heterocycles. The number of carbonyl (C=O) groups excluding carboxylic acids is 1. The van der Waals surface area contributed by atoms with Crippen molar-refractivity contribution in [3.8, 4) is 11.5 Å². The lowest BCUT2D eigenvalue weighted by molar-refractivity contribution is -0.135. The van der Waals surface area contributed by atoms with E-state index >= 15 is 0 Å². The van der Waals surface area contributed by atoms with Crippen LogP contribution >= 0.6 is 31.9 Å². The SMILES string of the molecule is COc1ccc(C2=NN(C(C)=O)[C@@H](c3cc(Br)c(O)c(Br)c3)O2)cc1. The zero-order valence-corrected chi connectivity index (χ0v) is 16.5. The molecule has 1 N–H and O–H groups in total. The molecule has 130 valence electrons. The number of hydrogen-bond donors (Lipinski definition) is 1. The monoisotopic (exact) mass is 468 g/mol. The third kappa shape index (κ3) is 3.50. The van der Waals surface area contributed by atoms with Gasteiger partial charge in [-0.2, -0.15) is 5.01 Å². The number of phenolic OH excluding ortho intramolecular Hbond substituents is 1. The summed E-state index contributed by atoms with van der Waals surface area (Å²) in [6.45, 7) is 1.42. The van der Waals surface area contributed by atoms with Gasteiger partial charge in [-0.15, -0.1) is 5.10 Å². The number of rotatable bonds is 3. The van der Waals surface area contributed by atoms with Gasteiger partial charge in [-0.3, -0.25) is 4.79 Å². The van der Waals surface area contributed by atoms with Crippen LogP contribution in [0, 0.1) is 0 Å². The van der Waals surface area contributed by atoms with Gasteiger partial charge in [0.05, 0.1) is 16.1 Å². The molecular weight excluding hydrogens is 456 g/mol. The molecule has 6 nitrogen and oxygen atoms in total. The maximum Gasteiger partial charge on any atom is 0.243 e. The highest BCUT2D eigenvalue weighted by atomic mass is 79.9. The second-order valence-electron chi connectivity index (χ2n) is 5.30. The minimum atomic E-state index is -0.720. The zero-order chi connectivity index (χ0) is 18.1.